The second kappa shape index (κ2) is 6.74. The zero-order valence-corrected chi connectivity index (χ0v) is 14.4. The summed E-state index contributed by atoms with van der Waals surface area (Å²) in [5.41, 5.74) is 5.71. The van der Waals surface area contributed by atoms with Crippen molar-refractivity contribution in [3.8, 4) is 23.1 Å². The van der Waals surface area contributed by atoms with Gasteiger partial charge in [-0.2, -0.15) is 0 Å². The third kappa shape index (κ3) is 3.03. The lowest BCUT2D eigenvalue weighted by molar-refractivity contribution is 0.101. The van der Waals surface area contributed by atoms with E-state index >= 15 is 0 Å². The van der Waals surface area contributed by atoms with Gasteiger partial charge in [-0.15, -0.1) is 0 Å². The number of carbonyl (C=O) groups excluding carboxylic acids is 1. The zero-order chi connectivity index (χ0) is 17.9. The minimum Gasteiger partial charge on any atom is -0.353 e. The Kier molecular flexibility index (Phi) is 4.13. The molecule has 0 aliphatic heterocycles. The van der Waals surface area contributed by atoms with Crippen LogP contribution in [0.25, 0.3) is 22.2 Å². The molecule has 0 saturated carbocycles. The van der Waals surface area contributed by atoms with E-state index in [4.69, 9.17) is 0 Å². The Morgan fingerprint density at radius 3 is 2.23 bits per heavy atom. The second-order valence-electron chi connectivity index (χ2n) is 6.17. The predicted octanol–water partition coefficient (Wildman–Crippen LogP) is 5.44. The van der Waals surface area contributed by atoms with Crippen LogP contribution in [0.5, 0.6) is 0 Å². The molecule has 1 aromatic heterocycles. The van der Waals surface area contributed by atoms with Gasteiger partial charge in [0.2, 0.25) is 0 Å². The van der Waals surface area contributed by atoms with Gasteiger partial charge in [0.25, 0.3) is 0 Å². The highest BCUT2D eigenvalue weighted by atomic mass is 16.1. The first kappa shape index (κ1) is 15.9. The van der Waals surface area contributed by atoms with Crippen molar-refractivity contribution < 1.29 is 4.79 Å². The molecule has 0 saturated heterocycles. The molecule has 0 spiro atoms. The number of para-hydroxylation sites is 1. The normalized spacial score (nSPS) is 10.3. The van der Waals surface area contributed by atoms with Crippen molar-refractivity contribution in [1.82, 2.24) is 4.98 Å². The van der Waals surface area contributed by atoms with Crippen LogP contribution in [-0.2, 0) is 0 Å². The quantitative estimate of drug-likeness (QED) is 0.384. The van der Waals surface area contributed by atoms with E-state index in [9.17, 15) is 4.79 Å². The number of benzene rings is 3. The molecule has 0 unspecified atom stereocenters. The molecule has 0 radical (unpaired) electrons. The van der Waals surface area contributed by atoms with Crippen LogP contribution in [0.2, 0.25) is 0 Å². The molecular formula is C24H17NO. The zero-order valence-electron chi connectivity index (χ0n) is 14.4. The number of aromatic nitrogens is 1. The molecule has 0 aliphatic rings. The van der Waals surface area contributed by atoms with E-state index in [1.54, 1.807) is 6.92 Å². The first-order valence-electron chi connectivity index (χ1n) is 8.51. The van der Waals surface area contributed by atoms with Crippen LogP contribution >= 0.6 is 0 Å². The van der Waals surface area contributed by atoms with Crippen molar-refractivity contribution >= 4 is 16.7 Å². The molecule has 1 heterocycles. The Morgan fingerprint density at radius 2 is 1.50 bits per heavy atom. The Labute approximate surface area is 152 Å². The van der Waals surface area contributed by atoms with Crippen LogP contribution < -0.4 is 0 Å². The topological polar surface area (TPSA) is 32.9 Å². The van der Waals surface area contributed by atoms with Gasteiger partial charge < -0.3 is 4.98 Å². The standard InChI is InChI=1S/C24H17NO/c1-17(26)19-12-14-20(15-13-19)24-22(16-11-18-7-3-2-4-8-18)21-9-5-6-10-23(21)25-24/h2-10,12-15,25H,1H3. The lowest BCUT2D eigenvalue weighted by atomic mass is 10.0. The number of carbonyl (C=O) groups is 1. The highest BCUT2D eigenvalue weighted by Gasteiger charge is 2.11. The summed E-state index contributed by atoms with van der Waals surface area (Å²) in [7, 11) is 0. The SMILES string of the molecule is CC(=O)c1ccc(-c2[nH]c3ccccc3c2C#Cc2ccccc2)cc1. The summed E-state index contributed by atoms with van der Waals surface area (Å²) in [5, 5.41) is 1.10. The molecule has 0 fully saturated rings. The number of nitrogens with one attached hydrogen (secondary N) is 1. The molecule has 4 rings (SSSR count). The van der Waals surface area contributed by atoms with E-state index in [-0.39, 0.29) is 5.78 Å². The lowest BCUT2D eigenvalue weighted by Gasteiger charge is -2.02. The Morgan fingerprint density at radius 1 is 0.808 bits per heavy atom. The average molecular weight is 335 g/mol. The van der Waals surface area contributed by atoms with E-state index in [1.165, 1.54) is 0 Å². The van der Waals surface area contributed by atoms with Gasteiger partial charge in [-0.3, -0.25) is 4.79 Å². The largest absolute Gasteiger partial charge is 0.353 e. The van der Waals surface area contributed by atoms with E-state index in [2.05, 4.69) is 29.0 Å². The van der Waals surface area contributed by atoms with E-state index in [0.29, 0.717) is 5.56 Å². The maximum absolute atomic E-state index is 11.5. The summed E-state index contributed by atoms with van der Waals surface area (Å²) in [6.07, 6.45) is 0. The van der Waals surface area contributed by atoms with Crippen LogP contribution in [0.15, 0.2) is 78.9 Å². The fraction of sp³-hybridized carbons (Fsp3) is 0.0417. The van der Waals surface area contributed by atoms with Gasteiger partial charge in [-0.1, -0.05) is 72.5 Å². The molecule has 0 bridgehead atoms. The summed E-state index contributed by atoms with van der Waals surface area (Å²) >= 11 is 0. The number of fused-ring (bicyclic) bond motifs is 1. The highest BCUT2D eigenvalue weighted by Crippen LogP contribution is 2.30. The smallest absolute Gasteiger partial charge is 0.159 e. The molecule has 2 nitrogen and oxygen atoms in total. The summed E-state index contributed by atoms with van der Waals surface area (Å²) in [6.45, 7) is 1.58. The number of rotatable bonds is 2. The number of ketones is 1. The summed E-state index contributed by atoms with van der Waals surface area (Å²) < 4.78 is 0. The van der Waals surface area contributed by atoms with Gasteiger partial charge in [0.05, 0.1) is 11.3 Å². The molecule has 4 aromatic rings. The summed E-state index contributed by atoms with van der Waals surface area (Å²) in [6, 6.07) is 25.8. The van der Waals surface area contributed by atoms with Crippen molar-refractivity contribution in [2.75, 3.05) is 0 Å². The van der Waals surface area contributed by atoms with Gasteiger partial charge in [0.1, 0.15) is 0 Å². The number of aromatic amines is 1. The molecule has 1 N–H and O–H groups in total. The minimum atomic E-state index is 0.0669. The first-order valence-corrected chi connectivity index (χ1v) is 8.51. The molecule has 0 atom stereocenters. The van der Waals surface area contributed by atoms with E-state index in [1.807, 2.05) is 66.7 Å². The van der Waals surface area contributed by atoms with Crippen molar-refractivity contribution in [2.24, 2.45) is 0 Å². The van der Waals surface area contributed by atoms with Crippen molar-refractivity contribution in [1.29, 1.82) is 0 Å². The van der Waals surface area contributed by atoms with Gasteiger partial charge in [0, 0.05) is 22.0 Å². The Bertz CT molecular complexity index is 1140. The van der Waals surface area contributed by atoms with Crippen molar-refractivity contribution in [3.05, 3.63) is 95.6 Å². The van der Waals surface area contributed by atoms with Gasteiger partial charge in [-0.25, -0.2) is 0 Å². The van der Waals surface area contributed by atoms with E-state index < -0.39 is 0 Å². The molecule has 3 aromatic carbocycles. The number of H-pyrrole nitrogens is 1. The Balaban J connectivity index is 1.87. The van der Waals surface area contributed by atoms with Crippen LogP contribution in [0.4, 0.5) is 0 Å². The van der Waals surface area contributed by atoms with Gasteiger partial charge in [0.15, 0.2) is 5.78 Å². The number of hydrogen-bond donors (Lipinski definition) is 1. The summed E-state index contributed by atoms with van der Waals surface area (Å²) in [4.78, 5) is 15.0. The first-order chi connectivity index (χ1) is 12.7. The van der Waals surface area contributed by atoms with Crippen LogP contribution in [0.1, 0.15) is 28.4 Å². The maximum Gasteiger partial charge on any atom is 0.159 e. The average Bonchev–Trinajstić information content (AvgIpc) is 3.06. The molecule has 2 heteroatoms. The fourth-order valence-corrected chi connectivity index (χ4v) is 3.02. The van der Waals surface area contributed by atoms with Crippen LogP contribution in [0, 0.1) is 11.8 Å². The maximum atomic E-state index is 11.5. The molecule has 124 valence electrons. The minimum absolute atomic E-state index is 0.0669. The third-order valence-electron chi connectivity index (χ3n) is 4.39. The van der Waals surface area contributed by atoms with Crippen molar-refractivity contribution in [3.63, 3.8) is 0 Å². The Hall–Kier alpha value is -3.57. The fourth-order valence-electron chi connectivity index (χ4n) is 3.02. The number of Topliss-reactive ketones (excluding diaryl/α,β-unsaturated/α-hetero) is 1. The van der Waals surface area contributed by atoms with Crippen LogP contribution in [0.3, 0.4) is 0 Å². The number of hydrogen-bond acceptors (Lipinski definition) is 1. The molecule has 0 aliphatic carbocycles. The molecular weight excluding hydrogens is 318 g/mol. The monoisotopic (exact) mass is 335 g/mol. The van der Waals surface area contributed by atoms with Crippen LogP contribution in [-0.4, -0.2) is 10.8 Å². The highest BCUT2D eigenvalue weighted by molar-refractivity contribution is 5.96. The molecule has 0 amide bonds. The third-order valence-corrected chi connectivity index (χ3v) is 4.39. The predicted molar refractivity (Wildman–Crippen MR) is 106 cm³/mol. The lowest BCUT2D eigenvalue weighted by Crippen LogP contribution is -1.91. The van der Waals surface area contributed by atoms with E-state index in [0.717, 1.165) is 33.3 Å². The van der Waals surface area contributed by atoms with Gasteiger partial charge in [-0.05, 0) is 30.7 Å². The summed E-state index contributed by atoms with van der Waals surface area (Å²) in [5.74, 6) is 6.66. The van der Waals surface area contributed by atoms with Gasteiger partial charge >= 0.3 is 0 Å². The van der Waals surface area contributed by atoms with Crippen molar-refractivity contribution in [2.45, 2.75) is 6.92 Å². The second-order valence-corrected chi connectivity index (χ2v) is 6.17. The molecule has 26 heavy (non-hydrogen) atoms.